The topological polar surface area (TPSA) is 114 Å². The first kappa shape index (κ1) is 22.7. The Balaban J connectivity index is 1.63. The Bertz CT molecular complexity index is 1430. The maximum Gasteiger partial charge on any atom is 0.337 e. The van der Waals surface area contributed by atoms with Crippen LogP contribution >= 0.6 is 23.2 Å². The molecule has 1 unspecified atom stereocenters. The molecule has 4 aromatic rings. The van der Waals surface area contributed by atoms with Crippen molar-refractivity contribution in [2.45, 2.75) is 37.8 Å². The van der Waals surface area contributed by atoms with Gasteiger partial charge in [0.2, 0.25) is 0 Å². The molecule has 0 aliphatic heterocycles. The molecule has 5 rings (SSSR count). The van der Waals surface area contributed by atoms with Gasteiger partial charge in [0.1, 0.15) is 5.52 Å². The Morgan fingerprint density at radius 2 is 1.94 bits per heavy atom. The number of nitrogen functional groups attached to an aromatic ring is 1. The number of aliphatic carboxylic acids is 1. The molecule has 2 heterocycles. The Hall–Kier alpha value is -3.13. The Morgan fingerprint density at radius 1 is 1.18 bits per heavy atom. The van der Waals surface area contributed by atoms with E-state index in [2.05, 4.69) is 9.97 Å². The van der Waals surface area contributed by atoms with Crippen LogP contribution in [0.4, 0.5) is 5.69 Å². The van der Waals surface area contributed by atoms with E-state index in [1.54, 1.807) is 24.7 Å². The zero-order chi connectivity index (χ0) is 24.1. The number of imidazole rings is 1. The maximum absolute atomic E-state index is 11.5. The third kappa shape index (κ3) is 3.90. The first-order chi connectivity index (χ1) is 16.3. The molecule has 7 nitrogen and oxygen atoms in total. The number of hydrogen-bond acceptors (Lipinski definition) is 5. The number of carboxylic acids is 1. The molecule has 1 aliphatic rings. The number of rotatable bonds is 6. The molecule has 34 heavy (non-hydrogen) atoms. The summed E-state index contributed by atoms with van der Waals surface area (Å²) in [6, 6.07) is 10.2. The van der Waals surface area contributed by atoms with Gasteiger partial charge in [-0.05, 0) is 55.5 Å². The number of aliphatic hydroxyl groups excluding tert-OH is 1. The summed E-state index contributed by atoms with van der Waals surface area (Å²) in [6.07, 6.45) is 3.86. The fourth-order valence-electron chi connectivity index (χ4n) is 4.38. The van der Waals surface area contributed by atoms with Crippen molar-refractivity contribution >= 4 is 45.9 Å². The summed E-state index contributed by atoms with van der Waals surface area (Å²) in [5.74, 6) is -0.887. The van der Waals surface area contributed by atoms with Crippen molar-refractivity contribution in [3.8, 4) is 11.3 Å². The SMILES string of the molecule is C[C@H](c1c(Cl)ccc(C2CC2)c1Cl)n1cnc2cnc(-c3ccc(N)cc3C(O)C(=O)O)cc21. The quantitative estimate of drug-likeness (QED) is 0.299. The van der Waals surface area contributed by atoms with E-state index < -0.39 is 12.1 Å². The largest absolute Gasteiger partial charge is 0.479 e. The number of halogens is 2. The molecule has 9 heteroatoms. The van der Waals surface area contributed by atoms with Crippen molar-refractivity contribution in [3.05, 3.63) is 75.7 Å². The van der Waals surface area contributed by atoms with Crippen molar-refractivity contribution in [1.29, 1.82) is 0 Å². The molecule has 174 valence electrons. The number of carbonyl (C=O) groups is 1. The van der Waals surface area contributed by atoms with Crippen LogP contribution < -0.4 is 5.73 Å². The van der Waals surface area contributed by atoms with Gasteiger partial charge in [-0.1, -0.05) is 35.3 Å². The van der Waals surface area contributed by atoms with Gasteiger partial charge in [-0.3, -0.25) is 4.98 Å². The average Bonchev–Trinajstić information content (AvgIpc) is 3.56. The van der Waals surface area contributed by atoms with E-state index in [1.807, 2.05) is 29.7 Å². The molecule has 2 atom stereocenters. The normalized spacial score (nSPS) is 15.4. The van der Waals surface area contributed by atoms with Gasteiger partial charge in [-0.25, -0.2) is 9.78 Å². The molecule has 0 spiro atoms. The zero-order valence-electron chi connectivity index (χ0n) is 18.2. The van der Waals surface area contributed by atoms with Gasteiger partial charge in [-0.15, -0.1) is 0 Å². The lowest BCUT2D eigenvalue weighted by Gasteiger charge is -2.20. The van der Waals surface area contributed by atoms with E-state index >= 15 is 0 Å². The molecule has 2 aromatic heterocycles. The van der Waals surface area contributed by atoms with Crippen LogP contribution in [0.3, 0.4) is 0 Å². The maximum atomic E-state index is 11.5. The number of benzene rings is 2. The van der Waals surface area contributed by atoms with Gasteiger partial charge < -0.3 is 20.5 Å². The van der Waals surface area contributed by atoms with Crippen LogP contribution in [0.2, 0.25) is 10.0 Å². The summed E-state index contributed by atoms with van der Waals surface area (Å²) in [6.45, 7) is 2.01. The monoisotopic (exact) mass is 496 g/mol. The number of hydrogen-bond donors (Lipinski definition) is 3. The van der Waals surface area contributed by atoms with E-state index in [0.29, 0.717) is 38.4 Å². The number of nitrogens with two attached hydrogens (primary N) is 1. The second-order valence-electron chi connectivity index (χ2n) is 8.61. The van der Waals surface area contributed by atoms with Crippen LogP contribution in [0.1, 0.15) is 54.5 Å². The van der Waals surface area contributed by atoms with Crippen molar-refractivity contribution in [3.63, 3.8) is 0 Å². The number of fused-ring (bicyclic) bond motifs is 1. The molecule has 1 fully saturated rings. The minimum Gasteiger partial charge on any atom is -0.479 e. The van der Waals surface area contributed by atoms with Crippen LogP contribution in [0.15, 0.2) is 48.9 Å². The fraction of sp³-hybridized carbons (Fsp3) is 0.240. The van der Waals surface area contributed by atoms with E-state index in [0.717, 1.165) is 29.5 Å². The molecule has 0 saturated heterocycles. The lowest BCUT2D eigenvalue weighted by atomic mass is 9.98. The second-order valence-corrected chi connectivity index (χ2v) is 9.40. The van der Waals surface area contributed by atoms with Gasteiger partial charge in [0.05, 0.1) is 34.8 Å². The summed E-state index contributed by atoms with van der Waals surface area (Å²) < 4.78 is 1.97. The highest BCUT2D eigenvalue weighted by atomic mass is 35.5. The van der Waals surface area contributed by atoms with Crippen LogP contribution in [0.25, 0.3) is 22.3 Å². The molecule has 0 radical (unpaired) electrons. The van der Waals surface area contributed by atoms with E-state index in [-0.39, 0.29) is 11.6 Å². The molecule has 0 bridgehead atoms. The van der Waals surface area contributed by atoms with Crippen LogP contribution in [0, 0.1) is 0 Å². The standard InChI is InChI=1S/C25H22Cl2N4O3/c1-12(22-18(26)7-6-15(23(22)27)13-2-3-13)31-11-30-20-10-29-19(9-21(20)31)16-5-4-14(28)8-17(16)24(32)25(33)34/h4-13,24,32H,2-3,28H2,1H3,(H,33,34)/t12-,24?/m1/s1. The molecule has 2 aromatic carbocycles. The number of aliphatic hydroxyl groups is 1. The summed E-state index contributed by atoms with van der Waals surface area (Å²) in [7, 11) is 0. The number of anilines is 1. The highest BCUT2D eigenvalue weighted by Gasteiger charge is 2.29. The number of pyridine rings is 1. The molecule has 0 amide bonds. The summed E-state index contributed by atoms with van der Waals surface area (Å²) >= 11 is 13.4. The third-order valence-corrected chi connectivity index (χ3v) is 7.10. The van der Waals surface area contributed by atoms with Crippen molar-refractivity contribution in [1.82, 2.24) is 14.5 Å². The number of nitrogens with zero attached hydrogens (tertiary/aromatic N) is 3. The molecular formula is C25H22Cl2N4O3. The van der Waals surface area contributed by atoms with Crippen LogP contribution in [-0.2, 0) is 4.79 Å². The predicted molar refractivity (Wildman–Crippen MR) is 132 cm³/mol. The molecule has 1 aliphatic carbocycles. The highest BCUT2D eigenvalue weighted by molar-refractivity contribution is 6.36. The van der Waals surface area contributed by atoms with Crippen molar-refractivity contribution in [2.24, 2.45) is 0 Å². The summed E-state index contributed by atoms with van der Waals surface area (Å²) in [5, 5.41) is 20.9. The smallest absolute Gasteiger partial charge is 0.337 e. The van der Waals surface area contributed by atoms with Crippen molar-refractivity contribution < 1.29 is 15.0 Å². The zero-order valence-corrected chi connectivity index (χ0v) is 19.8. The molecule has 4 N–H and O–H groups in total. The third-order valence-electron chi connectivity index (χ3n) is 6.35. The second kappa shape index (κ2) is 8.58. The van der Waals surface area contributed by atoms with Gasteiger partial charge >= 0.3 is 5.97 Å². The predicted octanol–water partition coefficient (Wildman–Crippen LogP) is 5.59. The highest BCUT2D eigenvalue weighted by Crippen LogP contribution is 2.47. The Morgan fingerprint density at radius 3 is 2.65 bits per heavy atom. The van der Waals surface area contributed by atoms with Crippen LogP contribution in [0.5, 0.6) is 0 Å². The minimum atomic E-state index is -1.73. The summed E-state index contributed by atoms with van der Waals surface area (Å²) in [5.41, 5.74) is 10.7. The van der Waals surface area contributed by atoms with E-state index in [4.69, 9.17) is 28.9 Å². The van der Waals surface area contributed by atoms with Gasteiger partial charge in [0, 0.05) is 27.4 Å². The lowest BCUT2D eigenvalue weighted by Crippen LogP contribution is -2.12. The number of carboxylic acid groups (broad SMARTS) is 1. The minimum absolute atomic E-state index is 0.168. The van der Waals surface area contributed by atoms with E-state index in [1.165, 1.54) is 6.07 Å². The van der Waals surface area contributed by atoms with Gasteiger partial charge in [0.15, 0.2) is 6.10 Å². The van der Waals surface area contributed by atoms with Crippen molar-refractivity contribution in [2.75, 3.05) is 5.73 Å². The Labute approximate surface area is 205 Å². The lowest BCUT2D eigenvalue weighted by molar-refractivity contribution is -0.146. The van der Waals surface area contributed by atoms with Crippen LogP contribution in [-0.4, -0.2) is 30.7 Å². The first-order valence-electron chi connectivity index (χ1n) is 10.9. The van der Waals surface area contributed by atoms with Gasteiger partial charge in [-0.2, -0.15) is 0 Å². The molecular weight excluding hydrogens is 475 g/mol. The fourth-order valence-corrected chi connectivity index (χ4v) is 5.22. The first-order valence-corrected chi connectivity index (χ1v) is 11.6. The average molecular weight is 497 g/mol. The van der Waals surface area contributed by atoms with E-state index in [9.17, 15) is 15.0 Å². The number of aromatic nitrogens is 3. The molecule has 1 saturated carbocycles. The summed E-state index contributed by atoms with van der Waals surface area (Å²) in [4.78, 5) is 20.4. The van der Waals surface area contributed by atoms with Gasteiger partial charge in [0.25, 0.3) is 0 Å². The Kier molecular flexibility index (Phi) is 5.72.